The Hall–Kier alpha value is -2.67. The minimum absolute atomic E-state index is 0.00534. The van der Waals surface area contributed by atoms with Crippen molar-refractivity contribution < 1.29 is 4.79 Å². The average Bonchev–Trinajstić information content (AvgIpc) is 2.66. The molecule has 30 heavy (non-hydrogen) atoms. The third-order valence-electron chi connectivity index (χ3n) is 5.53. The van der Waals surface area contributed by atoms with Gasteiger partial charge in [-0.3, -0.25) is 4.79 Å². The van der Waals surface area contributed by atoms with Crippen LogP contribution in [-0.4, -0.2) is 35.0 Å². The maximum absolute atomic E-state index is 12.0. The van der Waals surface area contributed by atoms with E-state index >= 15 is 0 Å². The molecule has 0 radical (unpaired) electrons. The highest BCUT2D eigenvalue weighted by atomic mass is 16.1. The van der Waals surface area contributed by atoms with Gasteiger partial charge < -0.3 is 21.7 Å². The Morgan fingerprint density at radius 3 is 2.60 bits per heavy atom. The Bertz CT molecular complexity index is 918. The fourth-order valence-electron chi connectivity index (χ4n) is 3.62. The molecule has 1 aromatic heterocycles. The number of carbonyl (C=O) groups excluding carboxylic acids is 1. The summed E-state index contributed by atoms with van der Waals surface area (Å²) in [6.45, 7) is 12.5. The second-order valence-electron chi connectivity index (χ2n) is 9.52. The summed E-state index contributed by atoms with van der Waals surface area (Å²) in [6.07, 6.45) is 3.50. The van der Waals surface area contributed by atoms with Crippen LogP contribution in [0.5, 0.6) is 0 Å². The highest BCUT2D eigenvalue weighted by Gasteiger charge is 2.22. The number of hydrogen-bond acceptors (Lipinski definition) is 6. The maximum Gasteiger partial charge on any atom is 0.254 e. The number of hydrogen-bond donors (Lipinski definition) is 3. The molecule has 1 fully saturated rings. The van der Waals surface area contributed by atoms with Crippen LogP contribution in [0.2, 0.25) is 0 Å². The van der Waals surface area contributed by atoms with E-state index < -0.39 is 5.91 Å². The average molecular weight is 411 g/mol. The molecule has 3 rings (SSSR count). The zero-order chi connectivity index (χ0) is 22.1. The topological polar surface area (TPSA) is 110 Å². The molecule has 0 saturated carbocycles. The molecular weight excluding hydrogens is 376 g/mol. The van der Waals surface area contributed by atoms with Crippen LogP contribution in [0.4, 0.5) is 17.5 Å². The molecule has 2 aromatic rings. The summed E-state index contributed by atoms with van der Waals surface area (Å²) < 4.78 is 0. The first-order valence-electron chi connectivity index (χ1n) is 10.6. The first-order valence-corrected chi connectivity index (χ1v) is 10.6. The molecule has 7 heteroatoms. The first-order chi connectivity index (χ1) is 14.0. The lowest BCUT2D eigenvalue weighted by molar-refractivity contribution is 0.100. The van der Waals surface area contributed by atoms with E-state index in [2.05, 4.69) is 73.0 Å². The van der Waals surface area contributed by atoms with Crippen LogP contribution in [0.15, 0.2) is 24.4 Å². The van der Waals surface area contributed by atoms with Gasteiger partial charge in [-0.15, -0.1) is 0 Å². The van der Waals surface area contributed by atoms with Crippen LogP contribution in [0.1, 0.15) is 74.9 Å². The normalized spacial score (nSPS) is 17.3. The molecule has 1 atom stereocenters. The molecule has 1 saturated heterocycles. The van der Waals surface area contributed by atoms with Gasteiger partial charge in [0.05, 0.1) is 0 Å². The predicted molar refractivity (Wildman–Crippen MR) is 122 cm³/mol. The van der Waals surface area contributed by atoms with E-state index in [-0.39, 0.29) is 17.0 Å². The van der Waals surface area contributed by atoms with Crippen LogP contribution in [-0.2, 0) is 5.41 Å². The zero-order valence-corrected chi connectivity index (χ0v) is 18.7. The van der Waals surface area contributed by atoms with E-state index in [9.17, 15) is 4.79 Å². The maximum atomic E-state index is 12.0. The number of piperidine rings is 1. The summed E-state index contributed by atoms with van der Waals surface area (Å²) in [6, 6.07) is 6.55. The van der Waals surface area contributed by atoms with Gasteiger partial charge in [0.15, 0.2) is 0 Å². The second kappa shape index (κ2) is 8.60. The third kappa shape index (κ3) is 5.08. The van der Waals surface area contributed by atoms with Crippen molar-refractivity contribution in [2.24, 2.45) is 11.5 Å². The van der Waals surface area contributed by atoms with Gasteiger partial charge in [-0.1, -0.05) is 40.7 Å². The smallest absolute Gasteiger partial charge is 0.254 e. The van der Waals surface area contributed by atoms with Crippen molar-refractivity contribution in [2.45, 2.75) is 64.8 Å². The fraction of sp³-hybridized carbons (Fsp3) is 0.522. The van der Waals surface area contributed by atoms with Crippen LogP contribution < -0.4 is 21.7 Å². The largest absolute Gasteiger partial charge is 0.365 e. The van der Waals surface area contributed by atoms with Gasteiger partial charge in [0, 0.05) is 31.0 Å². The summed E-state index contributed by atoms with van der Waals surface area (Å²) in [5.41, 5.74) is 15.3. The number of nitrogens with zero attached hydrogens (tertiary/aromatic N) is 3. The number of anilines is 3. The Balaban J connectivity index is 2.01. The van der Waals surface area contributed by atoms with Crippen molar-refractivity contribution in [2.75, 3.05) is 23.3 Å². The summed E-state index contributed by atoms with van der Waals surface area (Å²) in [5.74, 6) is 0.802. The van der Waals surface area contributed by atoms with Gasteiger partial charge in [-0.2, -0.15) is 4.98 Å². The molecule has 1 unspecified atom stereocenters. The quantitative estimate of drug-likeness (QED) is 0.694. The third-order valence-corrected chi connectivity index (χ3v) is 5.53. The number of primary amides is 1. The van der Waals surface area contributed by atoms with Crippen molar-refractivity contribution >= 4 is 23.4 Å². The molecule has 5 N–H and O–H groups in total. The van der Waals surface area contributed by atoms with Crippen LogP contribution >= 0.6 is 0 Å². The van der Waals surface area contributed by atoms with Gasteiger partial charge in [0.25, 0.3) is 5.91 Å². The molecule has 1 amide bonds. The zero-order valence-electron chi connectivity index (χ0n) is 18.7. The standard InChI is InChI=1S/C23H34N6O/c1-14(2)15-9-16(23(3,4)5)11-18(10-15)27-21-19(20(25)30)12-26-22(28-21)29-8-6-7-17(24)13-29/h9-12,14,17H,6-8,13,24H2,1-5H3,(H2,25,30)(H,26,27,28). The number of nitrogens with two attached hydrogens (primary N) is 2. The van der Waals surface area contributed by atoms with Crippen LogP contribution in [0, 0.1) is 0 Å². The number of aromatic nitrogens is 2. The Labute approximate surface area is 179 Å². The molecular formula is C23H34N6O. The van der Waals surface area contributed by atoms with Gasteiger partial charge in [0.1, 0.15) is 11.4 Å². The highest BCUT2D eigenvalue weighted by Crippen LogP contribution is 2.31. The van der Waals surface area contributed by atoms with Gasteiger partial charge in [0.2, 0.25) is 5.95 Å². The lowest BCUT2D eigenvalue weighted by Crippen LogP contribution is -2.43. The lowest BCUT2D eigenvalue weighted by Gasteiger charge is -2.31. The molecule has 0 spiro atoms. The molecule has 1 aromatic carbocycles. The fourth-order valence-corrected chi connectivity index (χ4v) is 3.62. The van der Waals surface area contributed by atoms with Gasteiger partial charge in [-0.25, -0.2) is 4.98 Å². The molecule has 1 aliphatic rings. The van der Waals surface area contributed by atoms with E-state index in [0.717, 1.165) is 25.1 Å². The van der Waals surface area contributed by atoms with Crippen LogP contribution in [0.25, 0.3) is 0 Å². The SMILES string of the molecule is CC(C)c1cc(Nc2nc(N3CCCC(N)C3)ncc2C(N)=O)cc(C(C)(C)C)c1. The van der Waals surface area contributed by atoms with Gasteiger partial charge >= 0.3 is 0 Å². The summed E-state index contributed by atoms with van der Waals surface area (Å²) in [4.78, 5) is 23.1. The van der Waals surface area contributed by atoms with Crippen molar-refractivity contribution in [3.8, 4) is 0 Å². The van der Waals surface area contributed by atoms with Crippen molar-refractivity contribution in [1.29, 1.82) is 0 Å². The molecule has 2 heterocycles. The van der Waals surface area contributed by atoms with E-state index in [1.807, 2.05) is 0 Å². The predicted octanol–water partition coefficient (Wildman–Crippen LogP) is 3.67. The molecule has 7 nitrogen and oxygen atoms in total. The first kappa shape index (κ1) is 22.0. The minimum atomic E-state index is -0.560. The molecule has 162 valence electrons. The van der Waals surface area contributed by atoms with E-state index in [1.54, 1.807) is 0 Å². The Kier molecular flexibility index (Phi) is 6.31. The molecule has 1 aliphatic heterocycles. The number of carbonyl (C=O) groups is 1. The van der Waals surface area contributed by atoms with Crippen molar-refractivity contribution in [1.82, 2.24) is 9.97 Å². The monoisotopic (exact) mass is 410 g/mol. The van der Waals surface area contributed by atoms with Crippen molar-refractivity contribution in [3.05, 3.63) is 41.1 Å². The number of rotatable bonds is 5. The summed E-state index contributed by atoms with van der Waals surface area (Å²) in [5, 5.41) is 3.34. The Morgan fingerprint density at radius 1 is 1.27 bits per heavy atom. The number of nitrogens with one attached hydrogen (secondary N) is 1. The lowest BCUT2D eigenvalue weighted by atomic mass is 9.84. The minimum Gasteiger partial charge on any atom is -0.365 e. The number of amides is 1. The van der Waals surface area contributed by atoms with Gasteiger partial charge in [-0.05, 0) is 47.4 Å². The highest BCUT2D eigenvalue weighted by molar-refractivity contribution is 5.98. The number of benzene rings is 1. The molecule has 0 aliphatic carbocycles. The summed E-state index contributed by atoms with van der Waals surface area (Å²) in [7, 11) is 0. The Morgan fingerprint density at radius 2 is 2.00 bits per heavy atom. The van der Waals surface area contributed by atoms with E-state index in [4.69, 9.17) is 11.5 Å². The van der Waals surface area contributed by atoms with Crippen molar-refractivity contribution in [3.63, 3.8) is 0 Å². The summed E-state index contributed by atoms with van der Waals surface area (Å²) >= 11 is 0. The molecule has 0 bridgehead atoms. The van der Waals surface area contributed by atoms with E-state index in [0.29, 0.717) is 24.2 Å². The van der Waals surface area contributed by atoms with Crippen LogP contribution in [0.3, 0.4) is 0 Å². The second-order valence-corrected chi connectivity index (χ2v) is 9.52. The van der Waals surface area contributed by atoms with E-state index in [1.165, 1.54) is 17.3 Å².